The van der Waals surface area contributed by atoms with Crippen molar-refractivity contribution in [2.75, 3.05) is 5.32 Å². The summed E-state index contributed by atoms with van der Waals surface area (Å²) in [5.41, 5.74) is -0.0219. The molecule has 4 bridgehead atoms. The fourth-order valence-electron chi connectivity index (χ4n) is 4.74. The summed E-state index contributed by atoms with van der Waals surface area (Å²) in [5, 5.41) is 12.2. The number of carboxylic acids is 1. The minimum Gasteiger partial charge on any atom is -0.476 e. The molecule has 5 heteroatoms. The van der Waals surface area contributed by atoms with E-state index >= 15 is 0 Å². The fourth-order valence-corrected chi connectivity index (χ4v) is 4.74. The average molecular weight is 262 g/mol. The molecule has 1 aromatic rings. The van der Waals surface area contributed by atoms with Crippen LogP contribution in [0, 0.1) is 23.7 Å². The number of aromatic carboxylic acids is 1. The van der Waals surface area contributed by atoms with E-state index in [9.17, 15) is 4.79 Å². The number of anilines is 1. The maximum Gasteiger partial charge on any atom is 0.357 e. The van der Waals surface area contributed by atoms with Crippen LogP contribution in [-0.4, -0.2) is 22.1 Å². The van der Waals surface area contributed by atoms with Gasteiger partial charge in [-0.1, -0.05) is 0 Å². The van der Waals surface area contributed by atoms with E-state index in [-0.39, 0.29) is 5.69 Å². The number of nitrogens with zero attached hydrogens (tertiary/aromatic N) is 1. The van der Waals surface area contributed by atoms with Gasteiger partial charge in [0.1, 0.15) is 6.26 Å². The summed E-state index contributed by atoms with van der Waals surface area (Å²) < 4.78 is 5.23. The molecule has 0 saturated heterocycles. The van der Waals surface area contributed by atoms with E-state index in [1.165, 1.54) is 38.4 Å². The van der Waals surface area contributed by atoms with Crippen LogP contribution in [0.4, 0.5) is 6.01 Å². The number of carbonyl (C=O) groups is 1. The second kappa shape index (κ2) is 3.99. The first-order valence-corrected chi connectivity index (χ1v) is 7.14. The first-order valence-electron chi connectivity index (χ1n) is 7.14. The molecular formula is C14H18N2O3. The molecule has 4 fully saturated rings. The first-order chi connectivity index (χ1) is 9.19. The Balaban J connectivity index is 1.51. The summed E-state index contributed by atoms with van der Waals surface area (Å²) in [6.45, 7) is 0. The molecule has 0 atom stereocenters. The van der Waals surface area contributed by atoms with Crippen molar-refractivity contribution in [2.24, 2.45) is 23.7 Å². The van der Waals surface area contributed by atoms with Crippen LogP contribution < -0.4 is 5.32 Å². The third-order valence-electron chi connectivity index (χ3n) is 5.24. The average Bonchev–Trinajstić information content (AvgIpc) is 2.81. The van der Waals surface area contributed by atoms with E-state index in [1.54, 1.807) is 0 Å². The van der Waals surface area contributed by atoms with Crippen molar-refractivity contribution in [2.45, 2.75) is 38.1 Å². The minimum atomic E-state index is -1.04. The van der Waals surface area contributed by atoms with Crippen LogP contribution >= 0.6 is 0 Å². The van der Waals surface area contributed by atoms with Crippen LogP contribution in [0.2, 0.25) is 0 Å². The second-order valence-corrected chi connectivity index (χ2v) is 6.44. The lowest BCUT2D eigenvalue weighted by molar-refractivity contribution is 0.00677. The summed E-state index contributed by atoms with van der Waals surface area (Å²) in [5.74, 6) is 2.26. The summed E-state index contributed by atoms with van der Waals surface area (Å²) >= 11 is 0. The van der Waals surface area contributed by atoms with Crippen molar-refractivity contribution < 1.29 is 14.3 Å². The lowest BCUT2D eigenvalue weighted by Crippen LogP contribution is -2.51. The van der Waals surface area contributed by atoms with E-state index in [0.717, 1.165) is 23.7 Å². The Bertz CT molecular complexity index is 483. The quantitative estimate of drug-likeness (QED) is 0.875. The van der Waals surface area contributed by atoms with Crippen LogP contribution in [0.15, 0.2) is 10.7 Å². The third-order valence-corrected chi connectivity index (χ3v) is 5.24. The van der Waals surface area contributed by atoms with Crippen molar-refractivity contribution in [3.05, 3.63) is 12.0 Å². The molecule has 1 heterocycles. The van der Waals surface area contributed by atoms with Crippen LogP contribution in [0.25, 0.3) is 0 Å². The van der Waals surface area contributed by atoms with Gasteiger partial charge in [0.2, 0.25) is 0 Å². The zero-order valence-electron chi connectivity index (χ0n) is 10.7. The van der Waals surface area contributed by atoms with E-state index in [2.05, 4.69) is 10.3 Å². The molecule has 0 amide bonds. The fraction of sp³-hybridized carbons (Fsp3) is 0.714. The van der Waals surface area contributed by atoms with Gasteiger partial charge in [-0.25, -0.2) is 4.79 Å². The number of oxazole rings is 1. The Labute approximate surface area is 111 Å². The zero-order valence-corrected chi connectivity index (χ0v) is 10.7. The molecule has 0 radical (unpaired) electrons. The Morgan fingerprint density at radius 1 is 1.21 bits per heavy atom. The van der Waals surface area contributed by atoms with Crippen molar-refractivity contribution in [1.82, 2.24) is 4.98 Å². The summed E-state index contributed by atoms with van der Waals surface area (Å²) in [6.07, 6.45) is 7.91. The Morgan fingerprint density at radius 3 is 2.37 bits per heavy atom. The number of rotatable bonds is 3. The lowest BCUT2D eigenvalue weighted by Gasteiger charge is -2.54. The highest BCUT2D eigenvalue weighted by molar-refractivity contribution is 5.85. The topological polar surface area (TPSA) is 75.4 Å². The predicted molar refractivity (Wildman–Crippen MR) is 67.9 cm³/mol. The minimum absolute atomic E-state index is 0.0219. The van der Waals surface area contributed by atoms with E-state index in [0.29, 0.717) is 12.1 Å². The largest absolute Gasteiger partial charge is 0.476 e. The zero-order chi connectivity index (χ0) is 13.0. The Kier molecular flexibility index (Phi) is 2.37. The highest BCUT2D eigenvalue weighted by Gasteiger charge is 2.48. The van der Waals surface area contributed by atoms with Gasteiger partial charge in [0.25, 0.3) is 6.01 Å². The van der Waals surface area contributed by atoms with E-state index in [1.807, 2.05) is 0 Å². The molecule has 4 aliphatic rings. The van der Waals surface area contributed by atoms with Crippen LogP contribution in [0.1, 0.15) is 42.6 Å². The van der Waals surface area contributed by atoms with Gasteiger partial charge in [-0.2, -0.15) is 4.98 Å². The normalized spacial score (nSPS) is 39.5. The molecular weight excluding hydrogens is 244 g/mol. The van der Waals surface area contributed by atoms with Gasteiger partial charge < -0.3 is 14.8 Å². The van der Waals surface area contributed by atoms with Crippen molar-refractivity contribution in [3.8, 4) is 0 Å². The van der Waals surface area contributed by atoms with Crippen molar-refractivity contribution >= 4 is 12.0 Å². The van der Waals surface area contributed by atoms with Gasteiger partial charge in [0.05, 0.1) is 0 Å². The van der Waals surface area contributed by atoms with Gasteiger partial charge in [-0.05, 0) is 55.8 Å². The number of aromatic nitrogens is 1. The van der Waals surface area contributed by atoms with Gasteiger partial charge in [-0.15, -0.1) is 0 Å². The lowest BCUT2D eigenvalue weighted by atomic mass is 9.54. The predicted octanol–water partition coefficient (Wildman–Crippen LogP) is 2.61. The summed E-state index contributed by atoms with van der Waals surface area (Å²) in [7, 11) is 0. The molecule has 1 aromatic heterocycles. The molecule has 5 rings (SSSR count). The number of carboxylic acid groups (broad SMARTS) is 1. The Hall–Kier alpha value is -1.52. The SMILES string of the molecule is O=C(O)c1coc(NC2C3CC4CC(C3)CC2C4)n1. The highest BCUT2D eigenvalue weighted by atomic mass is 16.4. The van der Waals surface area contributed by atoms with E-state index < -0.39 is 5.97 Å². The molecule has 5 nitrogen and oxygen atoms in total. The molecule has 4 saturated carbocycles. The van der Waals surface area contributed by atoms with Crippen LogP contribution in [0.3, 0.4) is 0 Å². The number of hydrogen-bond donors (Lipinski definition) is 2. The van der Waals surface area contributed by atoms with Gasteiger partial charge in [-0.3, -0.25) is 0 Å². The maximum absolute atomic E-state index is 10.8. The monoisotopic (exact) mass is 262 g/mol. The summed E-state index contributed by atoms with van der Waals surface area (Å²) in [6, 6.07) is 0.794. The highest BCUT2D eigenvalue weighted by Crippen LogP contribution is 2.54. The molecule has 0 spiro atoms. The molecule has 0 unspecified atom stereocenters. The van der Waals surface area contributed by atoms with Crippen LogP contribution in [-0.2, 0) is 0 Å². The molecule has 0 aliphatic heterocycles. The van der Waals surface area contributed by atoms with Gasteiger partial charge in [0.15, 0.2) is 5.69 Å². The first kappa shape index (κ1) is 11.3. The standard InChI is InChI=1S/C14H18N2O3/c17-13(18)11-6-19-14(15-11)16-12-9-2-7-1-8(4-9)5-10(12)3-7/h6-10,12H,1-5H2,(H,15,16)(H,17,18). The van der Waals surface area contributed by atoms with Crippen molar-refractivity contribution in [3.63, 3.8) is 0 Å². The maximum atomic E-state index is 10.8. The molecule has 102 valence electrons. The molecule has 19 heavy (non-hydrogen) atoms. The van der Waals surface area contributed by atoms with Gasteiger partial charge in [0, 0.05) is 6.04 Å². The number of hydrogen-bond acceptors (Lipinski definition) is 4. The molecule has 0 aromatic carbocycles. The molecule has 2 N–H and O–H groups in total. The second-order valence-electron chi connectivity index (χ2n) is 6.44. The summed E-state index contributed by atoms with van der Waals surface area (Å²) in [4.78, 5) is 14.8. The van der Waals surface area contributed by atoms with Gasteiger partial charge >= 0.3 is 5.97 Å². The number of nitrogens with one attached hydrogen (secondary N) is 1. The van der Waals surface area contributed by atoms with Crippen LogP contribution in [0.5, 0.6) is 0 Å². The van der Waals surface area contributed by atoms with Crippen molar-refractivity contribution in [1.29, 1.82) is 0 Å². The van der Waals surface area contributed by atoms with E-state index in [4.69, 9.17) is 9.52 Å². The Morgan fingerprint density at radius 2 is 1.84 bits per heavy atom. The third kappa shape index (κ3) is 1.83. The molecule has 4 aliphatic carbocycles. The smallest absolute Gasteiger partial charge is 0.357 e.